The summed E-state index contributed by atoms with van der Waals surface area (Å²) in [4.78, 5) is 16.5. The minimum atomic E-state index is -4.33. The lowest BCUT2D eigenvalue weighted by atomic mass is 10.0. The number of pyridine rings is 1. The molecule has 1 N–H and O–H groups in total. The Hall–Kier alpha value is -3.93. The van der Waals surface area contributed by atoms with E-state index in [0.29, 0.717) is 27.4 Å². The molecule has 39 heavy (non-hydrogen) atoms. The summed E-state index contributed by atoms with van der Waals surface area (Å²) >= 11 is 7.72. The van der Waals surface area contributed by atoms with Crippen LogP contribution in [0.1, 0.15) is 5.69 Å². The van der Waals surface area contributed by atoms with Crippen LogP contribution in [-0.2, 0) is 14.8 Å². The predicted octanol–water partition coefficient (Wildman–Crippen LogP) is 5.77. The fraction of sp³-hybridized carbons (Fsp3) is 0.148. The van der Waals surface area contributed by atoms with E-state index in [1.54, 1.807) is 30.3 Å². The molecule has 2 aromatic heterocycles. The summed E-state index contributed by atoms with van der Waals surface area (Å²) in [6.45, 7) is 1.12. The van der Waals surface area contributed by atoms with Crippen molar-refractivity contribution in [3.8, 4) is 22.8 Å². The quantitative estimate of drug-likeness (QED) is 0.244. The summed E-state index contributed by atoms with van der Waals surface area (Å²) < 4.78 is 44.3. The van der Waals surface area contributed by atoms with Crippen molar-refractivity contribution < 1.29 is 27.8 Å². The van der Waals surface area contributed by atoms with E-state index in [0.717, 1.165) is 25.6 Å². The molecule has 0 saturated carbocycles. The number of anilines is 1. The number of aromatic nitrogens is 2. The van der Waals surface area contributed by atoms with Crippen molar-refractivity contribution in [2.24, 2.45) is 0 Å². The van der Waals surface area contributed by atoms with Gasteiger partial charge >= 0.3 is 5.97 Å². The Kier molecular flexibility index (Phi) is 7.06. The molecule has 5 rings (SSSR count). The summed E-state index contributed by atoms with van der Waals surface area (Å²) in [5.74, 6) is -0.777. The van der Waals surface area contributed by atoms with E-state index in [-0.39, 0.29) is 16.3 Å². The number of halogens is 1. The normalized spacial score (nSPS) is 11.6. The number of nitrogens with zero attached hydrogens (tertiary/aromatic N) is 3. The number of hydrogen-bond acceptors (Lipinski definition) is 8. The van der Waals surface area contributed by atoms with Crippen LogP contribution in [0.25, 0.3) is 32.2 Å². The lowest BCUT2D eigenvalue weighted by molar-refractivity contribution is -0.135. The van der Waals surface area contributed by atoms with Crippen LogP contribution in [0.5, 0.6) is 11.5 Å². The molecule has 0 unspecified atom stereocenters. The minimum Gasteiger partial charge on any atom is -0.493 e. The third-order valence-electron chi connectivity index (χ3n) is 6.19. The van der Waals surface area contributed by atoms with Crippen molar-refractivity contribution in [2.45, 2.75) is 11.8 Å². The van der Waals surface area contributed by atoms with Crippen LogP contribution >= 0.6 is 23.1 Å². The first-order valence-corrected chi connectivity index (χ1v) is 14.2. The molecule has 12 heteroatoms. The first-order valence-electron chi connectivity index (χ1n) is 11.6. The molecule has 0 amide bonds. The van der Waals surface area contributed by atoms with Crippen LogP contribution in [0.2, 0.25) is 5.02 Å². The average molecular weight is 584 g/mol. The number of sulfonamides is 1. The van der Waals surface area contributed by atoms with Gasteiger partial charge in [-0.25, -0.2) is 13.4 Å². The maximum atomic E-state index is 13.8. The molecule has 0 saturated heterocycles. The Morgan fingerprint density at radius 2 is 1.82 bits per heavy atom. The highest BCUT2D eigenvalue weighted by Crippen LogP contribution is 2.38. The Bertz CT molecular complexity index is 1860. The van der Waals surface area contributed by atoms with Gasteiger partial charge in [0.1, 0.15) is 6.54 Å². The molecule has 0 bridgehead atoms. The lowest BCUT2D eigenvalue weighted by Gasteiger charge is -2.24. The number of aliphatic carboxylic acids is 1. The van der Waals surface area contributed by atoms with Crippen LogP contribution < -0.4 is 13.8 Å². The number of methoxy groups -OCH3 is 2. The highest BCUT2D eigenvalue weighted by Gasteiger charge is 2.29. The van der Waals surface area contributed by atoms with Crippen LogP contribution in [0.4, 0.5) is 5.69 Å². The number of carboxylic acid groups (broad SMARTS) is 1. The first kappa shape index (κ1) is 26.7. The van der Waals surface area contributed by atoms with E-state index in [1.165, 1.54) is 44.0 Å². The van der Waals surface area contributed by atoms with Crippen molar-refractivity contribution in [2.75, 3.05) is 25.1 Å². The molecule has 0 radical (unpaired) electrons. The van der Waals surface area contributed by atoms with E-state index in [1.807, 2.05) is 19.1 Å². The van der Waals surface area contributed by atoms with Crippen molar-refractivity contribution >= 4 is 65.8 Å². The summed E-state index contributed by atoms with van der Waals surface area (Å²) in [6, 6.07) is 16.2. The molecule has 9 nitrogen and oxygen atoms in total. The second-order valence-electron chi connectivity index (χ2n) is 8.56. The number of benzene rings is 3. The van der Waals surface area contributed by atoms with Gasteiger partial charge in [0.05, 0.1) is 46.4 Å². The standard InChI is InChI=1S/C27H22ClN3O6S2/c1-15-27-19(11-16(28)12-25(27)38-30-15)21-9-8-18-20(29-21)5-4-6-22(18)31(14-26(32)33)39(34,35)17-7-10-23(36-2)24(13-17)37-3/h4-13H,14H2,1-3H3,(H,32,33). The van der Waals surface area contributed by atoms with Gasteiger partial charge in [0, 0.05) is 27.4 Å². The van der Waals surface area contributed by atoms with E-state index >= 15 is 0 Å². The zero-order chi connectivity index (χ0) is 27.9. The summed E-state index contributed by atoms with van der Waals surface area (Å²) in [7, 11) is -1.51. The number of rotatable bonds is 8. The molecule has 0 aliphatic carbocycles. The first-order chi connectivity index (χ1) is 18.6. The second-order valence-corrected chi connectivity index (χ2v) is 11.7. The molecule has 3 aromatic carbocycles. The fourth-order valence-corrected chi connectivity index (χ4v) is 7.01. The monoisotopic (exact) mass is 583 g/mol. The van der Waals surface area contributed by atoms with Gasteiger partial charge < -0.3 is 14.6 Å². The number of carboxylic acids is 1. The van der Waals surface area contributed by atoms with Gasteiger partial charge in [0.25, 0.3) is 10.0 Å². The number of aryl methyl sites for hydroxylation is 1. The third-order valence-corrected chi connectivity index (χ3v) is 9.04. The van der Waals surface area contributed by atoms with Gasteiger partial charge in [0.15, 0.2) is 11.5 Å². The van der Waals surface area contributed by atoms with E-state index < -0.39 is 22.5 Å². The van der Waals surface area contributed by atoms with Gasteiger partial charge in [-0.1, -0.05) is 17.7 Å². The fourth-order valence-electron chi connectivity index (χ4n) is 4.43. The van der Waals surface area contributed by atoms with Crippen molar-refractivity contribution in [1.82, 2.24) is 9.36 Å². The van der Waals surface area contributed by atoms with Gasteiger partial charge in [-0.05, 0) is 67.0 Å². The van der Waals surface area contributed by atoms with Crippen LogP contribution in [0.3, 0.4) is 0 Å². The molecule has 5 aromatic rings. The maximum Gasteiger partial charge on any atom is 0.324 e. The van der Waals surface area contributed by atoms with Crippen molar-refractivity contribution in [3.05, 3.63) is 71.4 Å². The van der Waals surface area contributed by atoms with Crippen LogP contribution in [0.15, 0.2) is 65.6 Å². The number of carbonyl (C=O) groups is 1. The number of ether oxygens (including phenoxy) is 2. The summed E-state index contributed by atoms with van der Waals surface area (Å²) in [5.41, 5.74) is 2.94. The molecular weight excluding hydrogens is 562 g/mol. The van der Waals surface area contributed by atoms with E-state index in [9.17, 15) is 18.3 Å². The van der Waals surface area contributed by atoms with Gasteiger partial charge in [0.2, 0.25) is 0 Å². The van der Waals surface area contributed by atoms with E-state index in [4.69, 9.17) is 26.1 Å². The molecule has 0 spiro atoms. The van der Waals surface area contributed by atoms with Crippen molar-refractivity contribution in [1.29, 1.82) is 0 Å². The van der Waals surface area contributed by atoms with Gasteiger partial charge in [-0.3, -0.25) is 9.10 Å². The molecule has 2 heterocycles. The summed E-state index contributed by atoms with van der Waals surface area (Å²) in [5, 5.41) is 11.6. The Morgan fingerprint density at radius 1 is 1.05 bits per heavy atom. The molecule has 0 atom stereocenters. The predicted molar refractivity (Wildman–Crippen MR) is 152 cm³/mol. The average Bonchev–Trinajstić information content (AvgIpc) is 3.30. The Labute approximate surface area is 233 Å². The SMILES string of the molecule is COc1ccc(S(=O)(=O)N(CC(=O)O)c2cccc3nc(-c4cc(Cl)cc5snc(C)c45)ccc23)cc1OC. The zero-order valence-electron chi connectivity index (χ0n) is 21.0. The van der Waals surface area contributed by atoms with Gasteiger partial charge in [-0.15, -0.1) is 0 Å². The number of fused-ring (bicyclic) bond motifs is 2. The summed E-state index contributed by atoms with van der Waals surface area (Å²) in [6.07, 6.45) is 0. The van der Waals surface area contributed by atoms with Gasteiger partial charge in [-0.2, -0.15) is 4.37 Å². The zero-order valence-corrected chi connectivity index (χ0v) is 23.4. The molecule has 0 fully saturated rings. The third kappa shape index (κ3) is 4.84. The highest BCUT2D eigenvalue weighted by atomic mass is 35.5. The Morgan fingerprint density at radius 3 is 2.54 bits per heavy atom. The smallest absolute Gasteiger partial charge is 0.324 e. The van der Waals surface area contributed by atoms with Crippen molar-refractivity contribution in [3.63, 3.8) is 0 Å². The topological polar surface area (TPSA) is 119 Å². The van der Waals surface area contributed by atoms with Crippen LogP contribution in [-0.4, -0.2) is 49.6 Å². The largest absolute Gasteiger partial charge is 0.493 e. The Balaban J connectivity index is 1.67. The second kappa shape index (κ2) is 10.3. The molecule has 200 valence electrons. The molecular formula is C27H22ClN3O6S2. The minimum absolute atomic E-state index is 0.148. The molecule has 0 aliphatic rings. The lowest BCUT2D eigenvalue weighted by Crippen LogP contribution is -2.36. The highest BCUT2D eigenvalue weighted by molar-refractivity contribution is 7.92. The maximum absolute atomic E-state index is 13.8. The molecule has 0 aliphatic heterocycles. The number of hydrogen-bond donors (Lipinski definition) is 1. The van der Waals surface area contributed by atoms with Crippen LogP contribution in [0, 0.1) is 6.92 Å². The van der Waals surface area contributed by atoms with E-state index in [2.05, 4.69) is 4.37 Å².